The van der Waals surface area contributed by atoms with E-state index in [9.17, 15) is 4.21 Å². The maximum Gasteiger partial charge on any atom is 0.0366 e. The molecule has 2 fully saturated rings. The molecule has 0 spiro atoms. The quantitative estimate of drug-likeness (QED) is 0.765. The zero-order chi connectivity index (χ0) is 9.97. The van der Waals surface area contributed by atoms with E-state index < -0.39 is 10.8 Å². The summed E-state index contributed by atoms with van der Waals surface area (Å²) in [4.78, 5) is 0. The molecule has 2 rings (SSSR count). The van der Waals surface area contributed by atoms with Crippen molar-refractivity contribution >= 4 is 10.8 Å². The summed E-state index contributed by atoms with van der Waals surface area (Å²) in [5.41, 5.74) is 5.86. The lowest BCUT2D eigenvalue weighted by Gasteiger charge is -2.24. The Morgan fingerprint density at radius 2 is 1.64 bits per heavy atom. The van der Waals surface area contributed by atoms with Crippen LogP contribution < -0.4 is 5.73 Å². The van der Waals surface area contributed by atoms with Gasteiger partial charge in [0.2, 0.25) is 0 Å². The van der Waals surface area contributed by atoms with Crippen molar-refractivity contribution in [1.29, 1.82) is 0 Å². The van der Waals surface area contributed by atoms with Crippen molar-refractivity contribution in [3.05, 3.63) is 0 Å². The molecule has 0 heterocycles. The first kappa shape index (κ1) is 10.6. The Labute approximate surface area is 89.1 Å². The third kappa shape index (κ3) is 2.37. The Balaban J connectivity index is 1.87. The van der Waals surface area contributed by atoms with Gasteiger partial charge in [-0.3, -0.25) is 4.21 Å². The molecule has 14 heavy (non-hydrogen) atoms. The molecule has 0 aromatic rings. The van der Waals surface area contributed by atoms with Crippen LogP contribution in [0.25, 0.3) is 0 Å². The minimum atomic E-state index is -0.582. The third-order valence-electron chi connectivity index (χ3n) is 3.63. The fraction of sp³-hybridized carbons (Fsp3) is 1.00. The fourth-order valence-electron chi connectivity index (χ4n) is 2.75. The van der Waals surface area contributed by atoms with Gasteiger partial charge in [0, 0.05) is 27.3 Å². The average molecular weight is 215 g/mol. The first-order valence-corrected chi connectivity index (χ1v) is 7.20. The predicted molar refractivity (Wildman–Crippen MR) is 60.6 cm³/mol. The van der Waals surface area contributed by atoms with Crippen molar-refractivity contribution in [2.24, 2.45) is 5.73 Å². The number of nitrogens with two attached hydrogens (primary N) is 1. The lowest BCUT2D eigenvalue weighted by Crippen LogP contribution is -2.27. The van der Waals surface area contributed by atoms with Gasteiger partial charge in [-0.2, -0.15) is 0 Å². The van der Waals surface area contributed by atoms with E-state index in [1.54, 1.807) is 0 Å². The first-order chi connectivity index (χ1) is 6.77. The van der Waals surface area contributed by atoms with Crippen molar-refractivity contribution in [3.8, 4) is 0 Å². The molecule has 2 N–H and O–H groups in total. The molecule has 0 radical (unpaired) electrons. The summed E-state index contributed by atoms with van der Waals surface area (Å²) in [6.07, 6.45) is 9.50. The van der Waals surface area contributed by atoms with Crippen LogP contribution in [0.1, 0.15) is 51.4 Å². The maximum absolute atomic E-state index is 12.2. The van der Waals surface area contributed by atoms with E-state index in [1.165, 1.54) is 32.1 Å². The van der Waals surface area contributed by atoms with E-state index in [1.807, 2.05) is 0 Å². The van der Waals surface area contributed by atoms with Crippen LogP contribution in [0, 0.1) is 0 Å². The first-order valence-electron chi connectivity index (χ1n) is 5.92. The molecule has 0 aromatic heterocycles. The molecule has 0 aromatic carbocycles. The Morgan fingerprint density at radius 1 is 0.929 bits per heavy atom. The van der Waals surface area contributed by atoms with Crippen LogP contribution in [-0.2, 0) is 10.8 Å². The molecule has 2 aliphatic carbocycles. The van der Waals surface area contributed by atoms with Crippen molar-refractivity contribution in [3.63, 3.8) is 0 Å². The van der Waals surface area contributed by atoms with Gasteiger partial charge in [0.15, 0.2) is 0 Å². The van der Waals surface area contributed by atoms with E-state index in [2.05, 4.69) is 0 Å². The van der Waals surface area contributed by atoms with Gasteiger partial charge in [-0.15, -0.1) is 0 Å². The lowest BCUT2D eigenvalue weighted by molar-refractivity contribution is 0.501. The van der Waals surface area contributed by atoms with E-state index in [4.69, 9.17) is 5.73 Å². The van der Waals surface area contributed by atoms with Crippen molar-refractivity contribution in [2.45, 2.75) is 67.9 Å². The second-order valence-electron chi connectivity index (χ2n) is 4.78. The maximum atomic E-state index is 12.2. The zero-order valence-corrected chi connectivity index (χ0v) is 9.60. The monoisotopic (exact) mass is 215 g/mol. The van der Waals surface area contributed by atoms with E-state index >= 15 is 0 Å². The van der Waals surface area contributed by atoms with Crippen LogP contribution in [0.3, 0.4) is 0 Å². The zero-order valence-electron chi connectivity index (χ0n) is 8.78. The molecule has 0 bridgehead atoms. The standard InChI is InChI=1S/C11H21NOS/c12-9-6-7-11(8-9)14(13)10-4-2-1-3-5-10/h9-11H,1-8,12H2. The number of rotatable bonds is 2. The highest BCUT2D eigenvalue weighted by atomic mass is 32.2. The molecule has 2 saturated carbocycles. The summed E-state index contributed by atoms with van der Waals surface area (Å²) in [7, 11) is -0.582. The van der Waals surface area contributed by atoms with Crippen molar-refractivity contribution in [2.75, 3.05) is 0 Å². The van der Waals surface area contributed by atoms with Crippen LogP contribution in [0.15, 0.2) is 0 Å². The SMILES string of the molecule is NC1CCC(S(=O)C2CCCCC2)C1. The molecular formula is C11H21NOS. The molecule has 0 amide bonds. The normalized spacial score (nSPS) is 37.2. The van der Waals surface area contributed by atoms with Crippen LogP contribution in [-0.4, -0.2) is 20.8 Å². The third-order valence-corrected chi connectivity index (χ3v) is 5.85. The van der Waals surface area contributed by atoms with Crippen LogP contribution in [0.5, 0.6) is 0 Å². The largest absolute Gasteiger partial charge is 0.328 e. The van der Waals surface area contributed by atoms with Gasteiger partial charge in [0.25, 0.3) is 0 Å². The number of hydrogen-bond acceptors (Lipinski definition) is 2. The molecule has 0 aliphatic heterocycles. The lowest BCUT2D eigenvalue weighted by atomic mass is 10.0. The molecule has 82 valence electrons. The van der Waals surface area contributed by atoms with Crippen LogP contribution in [0.4, 0.5) is 0 Å². The minimum absolute atomic E-state index is 0.326. The molecule has 0 saturated heterocycles. The second-order valence-corrected chi connectivity index (χ2v) is 6.77. The van der Waals surface area contributed by atoms with Gasteiger partial charge in [-0.25, -0.2) is 0 Å². The summed E-state index contributed by atoms with van der Waals surface area (Å²) in [5, 5.41) is 0.923. The Kier molecular flexibility index (Phi) is 3.61. The van der Waals surface area contributed by atoms with Crippen LogP contribution in [0.2, 0.25) is 0 Å². The van der Waals surface area contributed by atoms with Crippen molar-refractivity contribution in [1.82, 2.24) is 0 Å². The second kappa shape index (κ2) is 4.75. The summed E-state index contributed by atoms with van der Waals surface area (Å²) in [6.45, 7) is 0. The molecule has 3 unspecified atom stereocenters. The van der Waals surface area contributed by atoms with Gasteiger partial charge in [0.1, 0.15) is 0 Å². The fourth-order valence-corrected chi connectivity index (χ4v) is 4.90. The van der Waals surface area contributed by atoms with E-state index in [0.29, 0.717) is 16.5 Å². The molecule has 3 atom stereocenters. The molecule has 2 aliphatic rings. The highest BCUT2D eigenvalue weighted by Crippen LogP contribution is 2.30. The number of hydrogen-bond donors (Lipinski definition) is 1. The molecule has 3 heteroatoms. The van der Waals surface area contributed by atoms with Crippen LogP contribution >= 0.6 is 0 Å². The Bertz CT molecular complexity index is 207. The molecular weight excluding hydrogens is 194 g/mol. The van der Waals surface area contributed by atoms with E-state index in [-0.39, 0.29) is 0 Å². The topological polar surface area (TPSA) is 43.1 Å². The predicted octanol–water partition coefficient (Wildman–Crippen LogP) is 1.95. The van der Waals surface area contributed by atoms with Gasteiger partial charge in [-0.05, 0) is 32.1 Å². The van der Waals surface area contributed by atoms with E-state index in [0.717, 1.165) is 19.3 Å². The Morgan fingerprint density at radius 3 is 2.21 bits per heavy atom. The van der Waals surface area contributed by atoms with Gasteiger partial charge >= 0.3 is 0 Å². The summed E-state index contributed by atoms with van der Waals surface area (Å²) in [5.74, 6) is 0. The summed E-state index contributed by atoms with van der Waals surface area (Å²) >= 11 is 0. The summed E-state index contributed by atoms with van der Waals surface area (Å²) in [6, 6.07) is 0.326. The summed E-state index contributed by atoms with van der Waals surface area (Å²) < 4.78 is 12.2. The van der Waals surface area contributed by atoms with Gasteiger partial charge in [0.05, 0.1) is 0 Å². The van der Waals surface area contributed by atoms with Gasteiger partial charge in [-0.1, -0.05) is 19.3 Å². The highest BCUT2D eigenvalue weighted by Gasteiger charge is 2.31. The van der Waals surface area contributed by atoms with Gasteiger partial charge < -0.3 is 5.73 Å². The molecule has 2 nitrogen and oxygen atoms in total. The Hall–Kier alpha value is 0.110. The van der Waals surface area contributed by atoms with Crippen molar-refractivity contribution < 1.29 is 4.21 Å². The average Bonchev–Trinajstić information content (AvgIpc) is 2.65. The smallest absolute Gasteiger partial charge is 0.0366 e. The minimum Gasteiger partial charge on any atom is -0.328 e. The highest BCUT2D eigenvalue weighted by molar-refractivity contribution is 7.86.